The molecular weight excluding hydrogens is 230 g/mol. The van der Waals surface area contributed by atoms with Crippen molar-refractivity contribution in [1.29, 1.82) is 0 Å². The number of aromatic nitrogens is 2. The predicted octanol–water partition coefficient (Wildman–Crippen LogP) is 2.11. The second-order valence-corrected chi connectivity index (χ2v) is 5.40. The molecule has 0 bridgehead atoms. The molecule has 0 spiro atoms. The lowest BCUT2D eigenvalue weighted by atomic mass is 9.86. The molecule has 0 aliphatic heterocycles. The van der Waals surface area contributed by atoms with Crippen LogP contribution in [0.2, 0.25) is 0 Å². The lowest BCUT2D eigenvalue weighted by Gasteiger charge is -2.23. The van der Waals surface area contributed by atoms with Crippen LogP contribution in [0, 0.1) is 0 Å². The number of methoxy groups -OCH3 is 1. The van der Waals surface area contributed by atoms with Gasteiger partial charge in [-0.3, -0.25) is 0 Å². The number of hydrogen-bond acceptors (Lipinski definition) is 5. The number of hydrogen-bond donors (Lipinski definition) is 1. The molecule has 5 heteroatoms. The summed E-state index contributed by atoms with van der Waals surface area (Å²) >= 11 is 0. The largest absolute Gasteiger partial charge is 0.370 e. The zero-order valence-corrected chi connectivity index (χ0v) is 11.5. The second kappa shape index (κ2) is 4.97. The minimum Gasteiger partial charge on any atom is -0.370 e. The monoisotopic (exact) mass is 253 g/mol. The third-order valence-electron chi connectivity index (χ3n) is 4.43. The fraction of sp³-hybridized carbons (Fsp3) is 0.846. The van der Waals surface area contributed by atoms with Crippen molar-refractivity contribution < 1.29 is 9.26 Å². The zero-order chi connectivity index (χ0) is 13.2. The molecule has 0 amide bonds. The molecule has 1 aromatic rings. The summed E-state index contributed by atoms with van der Waals surface area (Å²) < 4.78 is 11.0. The zero-order valence-electron chi connectivity index (χ0n) is 11.5. The van der Waals surface area contributed by atoms with Gasteiger partial charge in [0, 0.05) is 13.7 Å². The number of nitrogens with two attached hydrogens (primary N) is 1. The average molecular weight is 253 g/mol. The van der Waals surface area contributed by atoms with Gasteiger partial charge >= 0.3 is 0 Å². The average Bonchev–Trinajstić information content (AvgIpc) is 3.06. The third kappa shape index (κ3) is 2.06. The van der Waals surface area contributed by atoms with E-state index in [0.29, 0.717) is 18.3 Å². The number of rotatable bonds is 5. The molecule has 1 heterocycles. The van der Waals surface area contributed by atoms with E-state index in [9.17, 15) is 0 Å². The number of nitrogens with zero attached hydrogens (tertiary/aromatic N) is 2. The molecule has 1 fully saturated rings. The lowest BCUT2D eigenvalue weighted by Crippen LogP contribution is -2.33. The first-order valence-corrected chi connectivity index (χ1v) is 6.70. The maximum absolute atomic E-state index is 5.93. The van der Waals surface area contributed by atoms with Crippen molar-refractivity contribution in [1.82, 2.24) is 10.1 Å². The molecule has 1 aliphatic rings. The van der Waals surface area contributed by atoms with E-state index in [1.165, 1.54) is 12.8 Å². The van der Waals surface area contributed by atoms with Gasteiger partial charge in [0.15, 0.2) is 0 Å². The Bertz CT molecular complexity index is 393. The van der Waals surface area contributed by atoms with Crippen LogP contribution in [0.25, 0.3) is 0 Å². The van der Waals surface area contributed by atoms with Crippen molar-refractivity contribution in [3.63, 3.8) is 0 Å². The molecule has 102 valence electrons. The molecule has 0 aromatic carbocycles. The van der Waals surface area contributed by atoms with E-state index in [1.807, 2.05) is 13.8 Å². The van der Waals surface area contributed by atoms with E-state index in [-0.39, 0.29) is 5.41 Å². The molecule has 0 radical (unpaired) electrons. The Morgan fingerprint density at radius 1 is 1.44 bits per heavy atom. The molecule has 1 unspecified atom stereocenters. The predicted molar refractivity (Wildman–Crippen MR) is 68.2 cm³/mol. The normalized spacial score (nSPS) is 22.0. The third-order valence-corrected chi connectivity index (χ3v) is 4.43. The van der Waals surface area contributed by atoms with E-state index < -0.39 is 5.60 Å². The fourth-order valence-electron chi connectivity index (χ4n) is 2.60. The van der Waals surface area contributed by atoms with Gasteiger partial charge in [-0.2, -0.15) is 4.98 Å². The van der Waals surface area contributed by atoms with Gasteiger partial charge in [-0.1, -0.05) is 24.9 Å². The van der Waals surface area contributed by atoms with E-state index in [4.69, 9.17) is 15.0 Å². The van der Waals surface area contributed by atoms with Crippen LogP contribution >= 0.6 is 0 Å². The van der Waals surface area contributed by atoms with Crippen LogP contribution in [0.1, 0.15) is 57.7 Å². The summed E-state index contributed by atoms with van der Waals surface area (Å²) in [5.74, 6) is 1.32. The Morgan fingerprint density at radius 2 is 2.11 bits per heavy atom. The Kier molecular flexibility index (Phi) is 3.73. The van der Waals surface area contributed by atoms with Gasteiger partial charge in [0.1, 0.15) is 5.60 Å². The van der Waals surface area contributed by atoms with Gasteiger partial charge < -0.3 is 15.0 Å². The van der Waals surface area contributed by atoms with Gasteiger partial charge in [0.2, 0.25) is 11.7 Å². The topological polar surface area (TPSA) is 74.2 Å². The molecule has 1 saturated carbocycles. The first kappa shape index (κ1) is 13.5. The lowest BCUT2D eigenvalue weighted by molar-refractivity contribution is -0.0106. The van der Waals surface area contributed by atoms with Gasteiger partial charge in [0.05, 0.1) is 5.41 Å². The molecule has 5 nitrogen and oxygen atoms in total. The summed E-state index contributed by atoms with van der Waals surface area (Å²) in [6, 6.07) is 0. The van der Waals surface area contributed by atoms with Crippen molar-refractivity contribution in [2.45, 2.75) is 57.0 Å². The van der Waals surface area contributed by atoms with Crippen LogP contribution < -0.4 is 5.73 Å². The highest BCUT2D eigenvalue weighted by molar-refractivity contribution is 5.11. The van der Waals surface area contributed by atoms with Crippen LogP contribution in [-0.2, 0) is 15.8 Å². The second-order valence-electron chi connectivity index (χ2n) is 5.40. The van der Waals surface area contributed by atoms with Crippen molar-refractivity contribution in [3.05, 3.63) is 11.7 Å². The van der Waals surface area contributed by atoms with E-state index in [1.54, 1.807) is 7.11 Å². The highest BCUT2D eigenvalue weighted by Gasteiger charge is 2.41. The van der Waals surface area contributed by atoms with Crippen LogP contribution in [0.15, 0.2) is 4.52 Å². The van der Waals surface area contributed by atoms with Crippen molar-refractivity contribution >= 4 is 0 Å². The Balaban J connectivity index is 2.30. The van der Waals surface area contributed by atoms with Crippen molar-refractivity contribution in [2.75, 3.05) is 13.7 Å². The van der Waals surface area contributed by atoms with Crippen LogP contribution in [-0.4, -0.2) is 23.8 Å². The molecule has 1 aliphatic carbocycles. The van der Waals surface area contributed by atoms with E-state index >= 15 is 0 Å². The van der Waals surface area contributed by atoms with Gasteiger partial charge in [-0.05, 0) is 26.2 Å². The standard InChI is InChI=1S/C13H23N3O2/c1-4-12(2,17-3)10-15-11(18-16-10)13(9-14)7-5-6-8-13/h4-9,14H2,1-3H3. The minimum absolute atomic E-state index is 0.104. The van der Waals surface area contributed by atoms with Crippen LogP contribution in [0.3, 0.4) is 0 Å². The van der Waals surface area contributed by atoms with Crippen molar-refractivity contribution in [2.24, 2.45) is 5.73 Å². The smallest absolute Gasteiger partial charge is 0.234 e. The van der Waals surface area contributed by atoms with E-state index in [2.05, 4.69) is 10.1 Å². The highest BCUT2D eigenvalue weighted by Crippen LogP contribution is 2.40. The van der Waals surface area contributed by atoms with Gasteiger partial charge in [0.25, 0.3) is 0 Å². The van der Waals surface area contributed by atoms with Crippen molar-refractivity contribution in [3.8, 4) is 0 Å². The quantitative estimate of drug-likeness (QED) is 0.870. The summed E-state index contributed by atoms with van der Waals surface area (Å²) in [7, 11) is 1.67. The first-order chi connectivity index (χ1) is 8.60. The van der Waals surface area contributed by atoms with E-state index in [0.717, 1.165) is 19.3 Å². The van der Waals surface area contributed by atoms with Gasteiger partial charge in [-0.25, -0.2) is 0 Å². The highest BCUT2D eigenvalue weighted by atomic mass is 16.5. The Morgan fingerprint density at radius 3 is 2.61 bits per heavy atom. The SMILES string of the molecule is CCC(C)(OC)c1noc(C2(CN)CCCC2)n1. The Hall–Kier alpha value is -0.940. The van der Waals surface area contributed by atoms with Crippen LogP contribution in [0.4, 0.5) is 0 Å². The molecule has 18 heavy (non-hydrogen) atoms. The first-order valence-electron chi connectivity index (χ1n) is 6.70. The summed E-state index contributed by atoms with van der Waals surface area (Å²) in [6.07, 6.45) is 5.26. The molecule has 1 atom stereocenters. The summed E-state index contributed by atoms with van der Waals surface area (Å²) in [5.41, 5.74) is 5.35. The summed E-state index contributed by atoms with van der Waals surface area (Å²) in [6.45, 7) is 4.60. The van der Waals surface area contributed by atoms with Crippen LogP contribution in [0.5, 0.6) is 0 Å². The molecule has 1 aromatic heterocycles. The maximum atomic E-state index is 5.93. The van der Waals surface area contributed by atoms with Gasteiger partial charge in [-0.15, -0.1) is 0 Å². The number of ether oxygens (including phenoxy) is 1. The molecular formula is C13H23N3O2. The maximum Gasteiger partial charge on any atom is 0.234 e. The molecule has 2 rings (SSSR count). The Labute approximate surface area is 108 Å². The summed E-state index contributed by atoms with van der Waals surface area (Å²) in [4.78, 5) is 4.57. The minimum atomic E-state index is -0.476. The molecule has 0 saturated heterocycles. The fourth-order valence-corrected chi connectivity index (χ4v) is 2.60. The summed E-state index contributed by atoms with van der Waals surface area (Å²) in [5, 5.41) is 4.10. The molecule has 2 N–H and O–H groups in total.